The maximum atomic E-state index is 12.5. The van der Waals surface area contributed by atoms with Gasteiger partial charge in [0, 0.05) is 30.4 Å². The van der Waals surface area contributed by atoms with Crippen molar-refractivity contribution in [3.05, 3.63) is 34.5 Å². The average molecular weight is 348 g/mol. The van der Waals surface area contributed by atoms with Gasteiger partial charge in [-0.3, -0.25) is 4.79 Å². The minimum absolute atomic E-state index is 0.0826. The zero-order valence-electron chi connectivity index (χ0n) is 14.2. The van der Waals surface area contributed by atoms with E-state index in [9.17, 15) is 10.1 Å². The number of hydrogen-bond acceptors (Lipinski definition) is 4. The second-order valence-corrected chi connectivity index (χ2v) is 6.50. The Kier molecular flexibility index (Phi) is 6.10. The molecule has 6 heteroatoms. The number of ether oxygens (including phenoxy) is 1. The van der Waals surface area contributed by atoms with Crippen LogP contribution >= 0.6 is 11.6 Å². The number of carbonyl (C=O) groups is 1. The predicted molar refractivity (Wildman–Crippen MR) is 95.0 cm³/mol. The van der Waals surface area contributed by atoms with Crippen molar-refractivity contribution in [2.45, 2.75) is 26.7 Å². The Morgan fingerprint density at radius 3 is 2.71 bits per heavy atom. The van der Waals surface area contributed by atoms with Crippen molar-refractivity contribution in [2.24, 2.45) is 5.92 Å². The maximum Gasteiger partial charge on any atom is 0.266 e. The summed E-state index contributed by atoms with van der Waals surface area (Å²) in [5.41, 5.74) is 1.62. The van der Waals surface area contributed by atoms with Crippen molar-refractivity contribution in [2.75, 3.05) is 25.5 Å². The van der Waals surface area contributed by atoms with Gasteiger partial charge in [-0.25, -0.2) is 0 Å². The minimum atomic E-state index is -0.235. The van der Waals surface area contributed by atoms with Crippen LogP contribution in [0.1, 0.15) is 25.3 Å². The van der Waals surface area contributed by atoms with Gasteiger partial charge in [0.15, 0.2) is 0 Å². The van der Waals surface area contributed by atoms with Crippen LogP contribution in [-0.4, -0.2) is 31.0 Å². The van der Waals surface area contributed by atoms with E-state index < -0.39 is 0 Å². The second-order valence-electron chi connectivity index (χ2n) is 6.09. The highest BCUT2D eigenvalue weighted by Crippen LogP contribution is 2.31. The first-order chi connectivity index (χ1) is 11.5. The van der Waals surface area contributed by atoms with Gasteiger partial charge in [-0.05, 0) is 37.3 Å². The highest BCUT2D eigenvalue weighted by atomic mass is 35.5. The lowest BCUT2D eigenvalue weighted by Crippen LogP contribution is -2.38. The molecule has 1 heterocycles. The van der Waals surface area contributed by atoms with E-state index in [1.165, 1.54) is 6.20 Å². The van der Waals surface area contributed by atoms with Crippen LogP contribution in [0.3, 0.4) is 0 Å². The molecule has 1 fully saturated rings. The van der Waals surface area contributed by atoms with Crippen molar-refractivity contribution in [3.63, 3.8) is 0 Å². The molecule has 1 saturated heterocycles. The van der Waals surface area contributed by atoms with Gasteiger partial charge in [-0.2, -0.15) is 5.26 Å². The summed E-state index contributed by atoms with van der Waals surface area (Å²) in [5, 5.41) is 12.9. The molecule has 1 aliphatic heterocycles. The van der Waals surface area contributed by atoms with Gasteiger partial charge in [-0.1, -0.05) is 18.5 Å². The van der Waals surface area contributed by atoms with E-state index in [0.717, 1.165) is 18.4 Å². The summed E-state index contributed by atoms with van der Waals surface area (Å²) in [6, 6.07) is 5.51. The number of benzene rings is 1. The number of aryl methyl sites for hydroxylation is 1. The molecule has 0 aliphatic carbocycles. The standard InChI is InChI=1S/C18H22ClN3O2/c1-12-4-6-22(7-5-12)18(23)14(10-20)11-21-16-8-13(2)15(19)9-17(16)24-3/h8-9,11-12,21H,4-7H2,1-3H3/b14-11-. The van der Waals surface area contributed by atoms with E-state index in [1.54, 1.807) is 18.1 Å². The number of likely N-dealkylation sites (tertiary alicyclic amines) is 1. The van der Waals surface area contributed by atoms with Crippen LogP contribution in [0.15, 0.2) is 23.9 Å². The van der Waals surface area contributed by atoms with Gasteiger partial charge in [0.1, 0.15) is 17.4 Å². The van der Waals surface area contributed by atoms with E-state index in [-0.39, 0.29) is 11.5 Å². The molecular formula is C18H22ClN3O2. The third kappa shape index (κ3) is 4.21. The smallest absolute Gasteiger partial charge is 0.266 e. The topological polar surface area (TPSA) is 65.4 Å². The molecule has 128 valence electrons. The number of piperidine rings is 1. The molecule has 1 aliphatic rings. The van der Waals surface area contributed by atoms with Crippen LogP contribution in [0, 0.1) is 24.2 Å². The first-order valence-corrected chi connectivity index (χ1v) is 8.34. The fraction of sp³-hybridized carbons (Fsp3) is 0.444. The van der Waals surface area contributed by atoms with Crippen LogP contribution < -0.4 is 10.1 Å². The molecule has 0 spiro atoms. The third-order valence-electron chi connectivity index (χ3n) is 4.27. The second kappa shape index (κ2) is 8.07. The summed E-state index contributed by atoms with van der Waals surface area (Å²) >= 11 is 6.08. The molecule has 1 amide bonds. The highest BCUT2D eigenvalue weighted by molar-refractivity contribution is 6.31. The number of rotatable bonds is 4. The summed E-state index contributed by atoms with van der Waals surface area (Å²) < 4.78 is 5.28. The lowest BCUT2D eigenvalue weighted by Gasteiger charge is -2.30. The zero-order valence-corrected chi connectivity index (χ0v) is 15.0. The van der Waals surface area contributed by atoms with E-state index >= 15 is 0 Å². The Hall–Kier alpha value is -2.19. The molecular weight excluding hydrogens is 326 g/mol. The molecule has 0 saturated carbocycles. The summed E-state index contributed by atoms with van der Waals surface area (Å²) in [6.45, 7) is 5.45. The van der Waals surface area contributed by atoms with Gasteiger partial charge < -0.3 is 15.0 Å². The molecule has 1 aromatic rings. The minimum Gasteiger partial charge on any atom is -0.495 e. The van der Waals surface area contributed by atoms with Crippen LogP contribution in [0.2, 0.25) is 5.02 Å². The maximum absolute atomic E-state index is 12.5. The largest absolute Gasteiger partial charge is 0.495 e. The Morgan fingerprint density at radius 2 is 2.12 bits per heavy atom. The fourth-order valence-electron chi connectivity index (χ4n) is 2.62. The van der Waals surface area contributed by atoms with Gasteiger partial charge in [-0.15, -0.1) is 0 Å². The molecule has 5 nitrogen and oxygen atoms in total. The molecule has 1 aromatic carbocycles. The molecule has 1 N–H and O–H groups in total. The van der Waals surface area contributed by atoms with E-state index in [0.29, 0.717) is 35.5 Å². The summed E-state index contributed by atoms with van der Waals surface area (Å²) in [7, 11) is 1.54. The first-order valence-electron chi connectivity index (χ1n) is 7.96. The lowest BCUT2D eigenvalue weighted by atomic mass is 9.99. The molecule has 24 heavy (non-hydrogen) atoms. The number of hydrogen-bond donors (Lipinski definition) is 1. The monoisotopic (exact) mass is 347 g/mol. The van der Waals surface area contributed by atoms with Gasteiger partial charge >= 0.3 is 0 Å². The van der Waals surface area contributed by atoms with Crippen LogP contribution in [-0.2, 0) is 4.79 Å². The van der Waals surface area contributed by atoms with Crippen LogP contribution in [0.5, 0.6) is 5.75 Å². The van der Waals surface area contributed by atoms with Gasteiger partial charge in [0.25, 0.3) is 5.91 Å². The first kappa shape index (κ1) is 18.2. The van der Waals surface area contributed by atoms with Gasteiger partial charge in [0.2, 0.25) is 0 Å². The van der Waals surface area contributed by atoms with Crippen LogP contribution in [0.4, 0.5) is 5.69 Å². The van der Waals surface area contributed by atoms with Crippen molar-refractivity contribution in [3.8, 4) is 11.8 Å². The zero-order chi connectivity index (χ0) is 17.7. The molecule has 2 rings (SSSR count). The summed E-state index contributed by atoms with van der Waals surface area (Å²) in [5.74, 6) is 0.947. The fourth-order valence-corrected chi connectivity index (χ4v) is 2.77. The molecule has 0 atom stereocenters. The van der Waals surface area contributed by atoms with Gasteiger partial charge in [0.05, 0.1) is 12.8 Å². The molecule has 0 aromatic heterocycles. The van der Waals surface area contributed by atoms with Crippen molar-refractivity contribution >= 4 is 23.2 Å². The number of nitrogens with one attached hydrogen (secondary N) is 1. The van der Waals surface area contributed by atoms with Crippen molar-refractivity contribution < 1.29 is 9.53 Å². The summed E-state index contributed by atoms with van der Waals surface area (Å²) in [4.78, 5) is 14.2. The molecule has 0 bridgehead atoms. The predicted octanol–water partition coefficient (Wildman–Crippen LogP) is 3.73. The lowest BCUT2D eigenvalue weighted by molar-refractivity contribution is -0.128. The quantitative estimate of drug-likeness (QED) is 0.665. The normalized spacial score (nSPS) is 15.8. The number of amides is 1. The molecule has 0 radical (unpaired) electrons. The Labute approximate surface area is 147 Å². The number of anilines is 1. The van der Waals surface area contributed by atoms with Crippen molar-refractivity contribution in [1.82, 2.24) is 4.90 Å². The number of halogens is 1. The molecule has 0 unspecified atom stereocenters. The van der Waals surface area contributed by atoms with E-state index in [2.05, 4.69) is 12.2 Å². The summed E-state index contributed by atoms with van der Waals surface area (Å²) in [6.07, 6.45) is 3.38. The Bertz CT molecular complexity index is 686. The number of nitriles is 1. The Balaban J connectivity index is 2.15. The number of carbonyl (C=O) groups excluding carboxylic acids is 1. The van der Waals surface area contributed by atoms with Crippen LogP contribution in [0.25, 0.3) is 0 Å². The van der Waals surface area contributed by atoms with E-state index in [1.807, 2.05) is 19.1 Å². The highest BCUT2D eigenvalue weighted by Gasteiger charge is 2.23. The third-order valence-corrected chi connectivity index (χ3v) is 4.68. The number of nitrogens with zero attached hydrogens (tertiary/aromatic N) is 2. The number of methoxy groups -OCH3 is 1. The van der Waals surface area contributed by atoms with Crippen molar-refractivity contribution in [1.29, 1.82) is 5.26 Å². The average Bonchev–Trinajstić information content (AvgIpc) is 2.58. The SMILES string of the molecule is COc1cc(Cl)c(C)cc1N/C=C(/C#N)C(=O)N1CCC(C)CC1. The Morgan fingerprint density at radius 1 is 1.46 bits per heavy atom. The van der Waals surface area contributed by atoms with E-state index in [4.69, 9.17) is 16.3 Å².